The van der Waals surface area contributed by atoms with Gasteiger partial charge in [-0.05, 0) is 34.2 Å². The van der Waals surface area contributed by atoms with E-state index in [1.165, 1.54) is 10.9 Å². The zero-order chi connectivity index (χ0) is 13.3. The molecule has 0 saturated carbocycles. The van der Waals surface area contributed by atoms with E-state index in [0.717, 1.165) is 10.9 Å². The molecule has 0 bridgehead atoms. The van der Waals surface area contributed by atoms with Crippen molar-refractivity contribution in [2.24, 2.45) is 0 Å². The largest absolute Gasteiger partial charge is 0.340 e. The molecule has 0 aliphatic heterocycles. The third-order valence-electron chi connectivity index (χ3n) is 3.35. The summed E-state index contributed by atoms with van der Waals surface area (Å²) in [6.07, 6.45) is 0. The highest BCUT2D eigenvalue weighted by molar-refractivity contribution is 5.89. The Morgan fingerprint density at radius 3 is 2.11 bits per heavy atom. The van der Waals surface area contributed by atoms with E-state index in [9.17, 15) is 0 Å². The van der Waals surface area contributed by atoms with Crippen LogP contribution < -0.4 is 4.89 Å². The van der Waals surface area contributed by atoms with Crippen molar-refractivity contribution < 1.29 is 10.1 Å². The Labute approximate surface area is 108 Å². The second-order valence-electron chi connectivity index (χ2n) is 5.32. The zero-order valence-corrected chi connectivity index (χ0v) is 11.4. The fraction of sp³-hybridized carbons (Fsp3) is 0.375. The smallest absolute Gasteiger partial charge is 0.169 e. The van der Waals surface area contributed by atoms with Gasteiger partial charge in [-0.25, -0.2) is 5.26 Å². The molecule has 2 aromatic rings. The molecule has 0 saturated heterocycles. The van der Waals surface area contributed by atoms with Crippen molar-refractivity contribution in [2.75, 3.05) is 0 Å². The van der Waals surface area contributed by atoms with Crippen molar-refractivity contribution >= 4 is 10.8 Å². The first-order valence-electron chi connectivity index (χ1n) is 6.43. The maximum absolute atomic E-state index is 9.13. The number of hydrogen-bond donors (Lipinski definition) is 1. The molecular weight excluding hydrogens is 224 g/mol. The summed E-state index contributed by atoms with van der Waals surface area (Å²) in [5.74, 6) is 1.28. The fourth-order valence-corrected chi connectivity index (χ4v) is 2.66. The van der Waals surface area contributed by atoms with Crippen LogP contribution in [-0.4, -0.2) is 5.26 Å². The van der Waals surface area contributed by atoms with E-state index in [2.05, 4.69) is 44.7 Å². The van der Waals surface area contributed by atoms with Crippen LogP contribution in [0.25, 0.3) is 10.8 Å². The Morgan fingerprint density at radius 2 is 1.56 bits per heavy atom. The number of hydrogen-bond acceptors (Lipinski definition) is 2. The molecule has 0 aromatic heterocycles. The molecule has 0 unspecified atom stereocenters. The van der Waals surface area contributed by atoms with Crippen LogP contribution in [0.3, 0.4) is 0 Å². The molecule has 96 valence electrons. The van der Waals surface area contributed by atoms with E-state index in [4.69, 9.17) is 5.26 Å². The fourth-order valence-electron chi connectivity index (χ4n) is 2.66. The van der Waals surface area contributed by atoms with Crippen LogP contribution >= 0.6 is 0 Å². The van der Waals surface area contributed by atoms with Gasteiger partial charge >= 0.3 is 0 Å². The molecule has 0 fully saturated rings. The van der Waals surface area contributed by atoms with Crippen LogP contribution in [0, 0.1) is 0 Å². The van der Waals surface area contributed by atoms with Crippen molar-refractivity contribution in [1.82, 2.24) is 0 Å². The lowest BCUT2D eigenvalue weighted by Crippen LogP contribution is -2.03. The quantitative estimate of drug-likeness (QED) is 0.612. The second kappa shape index (κ2) is 4.99. The van der Waals surface area contributed by atoms with Crippen molar-refractivity contribution in [1.29, 1.82) is 0 Å². The van der Waals surface area contributed by atoms with E-state index >= 15 is 0 Å². The maximum Gasteiger partial charge on any atom is 0.169 e. The van der Waals surface area contributed by atoms with Gasteiger partial charge in [0.15, 0.2) is 5.75 Å². The highest BCUT2D eigenvalue weighted by atomic mass is 17.1. The molecule has 2 heteroatoms. The lowest BCUT2D eigenvalue weighted by atomic mass is 9.86. The molecule has 1 N–H and O–H groups in total. The van der Waals surface area contributed by atoms with Crippen LogP contribution in [0.1, 0.15) is 50.7 Å². The molecule has 0 atom stereocenters. The highest BCUT2D eigenvalue weighted by Crippen LogP contribution is 2.39. The topological polar surface area (TPSA) is 29.5 Å². The maximum atomic E-state index is 9.13. The molecule has 0 heterocycles. The first-order chi connectivity index (χ1) is 8.56. The summed E-state index contributed by atoms with van der Waals surface area (Å²) in [5.41, 5.74) is 2.37. The number of fused-ring (bicyclic) bond motifs is 1. The van der Waals surface area contributed by atoms with E-state index in [0.29, 0.717) is 17.6 Å². The van der Waals surface area contributed by atoms with Crippen LogP contribution in [0.2, 0.25) is 0 Å². The molecule has 2 aromatic carbocycles. The van der Waals surface area contributed by atoms with Gasteiger partial charge in [-0.2, -0.15) is 0 Å². The third-order valence-corrected chi connectivity index (χ3v) is 3.35. The van der Waals surface area contributed by atoms with Gasteiger partial charge in [0.1, 0.15) is 0 Å². The summed E-state index contributed by atoms with van der Waals surface area (Å²) >= 11 is 0. The summed E-state index contributed by atoms with van der Waals surface area (Å²) in [5, 5.41) is 11.5. The Kier molecular flexibility index (Phi) is 3.58. The molecule has 18 heavy (non-hydrogen) atoms. The standard InChI is InChI=1S/C16H20O2/c1-10(2)15-13-8-6-5-7-12(13)9-14(18-17)16(15)11(3)4/h5-11,17H,1-4H3. The van der Waals surface area contributed by atoms with Crippen LogP contribution in [0.4, 0.5) is 0 Å². The van der Waals surface area contributed by atoms with Gasteiger partial charge in [0.2, 0.25) is 0 Å². The van der Waals surface area contributed by atoms with Gasteiger partial charge in [-0.15, -0.1) is 0 Å². The minimum atomic E-state index is 0.314. The number of rotatable bonds is 3. The molecule has 2 rings (SSSR count). The van der Waals surface area contributed by atoms with Gasteiger partial charge in [0.25, 0.3) is 0 Å². The molecule has 2 nitrogen and oxygen atoms in total. The Morgan fingerprint density at radius 1 is 0.944 bits per heavy atom. The van der Waals surface area contributed by atoms with Crippen LogP contribution in [0.15, 0.2) is 30.3 Å². The minimum Gasteiger partial charge on any atom is -0.340 e. The van der Waals surface area contributed by atoms with Crippen molar-refractivity contribution in [2.45, 2.75) is 39.5 Å². The average molecular weight is 244 g/mol. The molecular formula is C16H20O2. The summed E-state index contributed by atoms with van der Waals surface area (Å²) in [4.78, 5) is 4.61. The zero-order valence-electron chi connectivity index (χ0n) is 11.4. The van der Waals surface area contributed by atoms with Crippen molar-refractivity contribution in [3.8, 4) is 5.75 Å². The van der Waals surface area contributed by atoms with Gasteiger partial charge in [-0.1, -0.05) is 52.0 Å². The number of benzene rings is 2. The third kappa shape index (κ3) is 2.08. The minimum absolute atomic E-state index is 0.314. The van der Waals surface area contributed by atoms with E-state index in [-0.39, 0.29) is 0 Å². The van der Waals surface area contributed by atoms with Gasteiger partial charge in [0.05, 0.1) is 0 Å². The average Bonchev–Trinajstić information content (AvgIpc) is 2.35. The summed E-state index contributed by atoms with van der Waals surface area (Å²) < 4.78 is 0. The first kappa shape index (κ1) is 12.9. The monoisotopic (exact) mass is 244 g/mol. The summed E-state index contributed by atoms with van der Waals surface area (Å²) in [6, 6.07) is 10.2. The SMILES string of the molecule is CC(C)c1c(OO)cc2ccccc2c1C(C)C. The van der Waals surface area contributed by atoms with E-state index in [1.54, 1.807) is 0 Å². The first-order valence-corrected chi connectivity index (χ1v) is 6.43. The molecule has 0 radical (unpaired) electrons. The highest BCUT2D eigenvalue weighted by Gasteiger charge is 2.19. The summed E-state index contributed by atoms with van der Waals surface area (Å²) in [7, 11) is 0. The second-order valence-corrected chi connectivity index (χ2v) is 5.32. The van der Waals surface area contributed by atoms with Crippen molar-refractivity contribution in [3.63, 3.8) is 0 Å². The lowest BCUT2D eigenvalue weighted by molar-refractivity contribution is -0.138. The van der Waals surface area contributed by atoms with Gasteiger partial charge in [-0.3, -0.25) is 0 Å². The Hall–Kier alpha value is -1.54. The molecule has 0 aliphatic carbocycles. The lowest BCUT2D eigenvalue weighted by Gasteiger charge is -2.21. The van der Waals surface area contributed by atoms with Crippen molar-refractivity contribution in [3.05, 3.63) is 41.5 Å². The summed E-state index contributed by atoms with van der Waals surface area (Å²) in [6.45, 7) is 8.60. The normalized spacial score (nSPS) is 11.5. The van der Waals surface area contributed by atoms with Gasteiger partial charge in [0, 0.05) is 5.56 Å². The molecule has 0 spiro atoms. The van der Waals surface area contributed by atoms with E-state index in [1.807, 2.05) is 18.2 Å². The van der Waals surface area contributed by atoms with Gasteiger partial charge < -0.3 is 4.89 Å². The molecule has 0 amide bonds. The Bertz CT molecular complexity index is 556. The van der Waals surface area contributed by atoms with Crippen LogP contribution in [-0.2, 0) is 0 Å². The Balaban J connectivity index is 2.89. The predicted molar refractivity (Wildman–Crippen MR) is 75.4 cm³/mol. The van der Waals surface area contributed by atoms with Crippen LogP contribution in [0.5, 0.6) is 5.75 Å². The molecule has 0 aliphatic rings. The van der Waals surface area contributed by atoms with E-state index < -0.39 is 0 Å². The predicted octanol–water partition coefficient (Wildman–Crippen LogP) is 4.94.